The third-order valence-electron chi connectivity index (χ3n) is 15.0. The van der Waals surface area contributed by atoms with Crippen LogP contribution in [0.4, 0.5) is 0 Å². The van der Waals surface area contributed by atoms with Crippen molar-refractivity contribution in [1.29, 1.82) is 0 Å². The molecule has 1 rings (SSSR count). The normalized spacial score (nSPS) is 18.1. The first-order chi connectivity index (χ1) is 37.6. The number of carbonyl (C=O) groups is 4. The molecule has 1 fully saturated rings. The molecular formula is C65H118O12. The number of aliphatic carboxylic acids is 1. The van der Waals surface area contributed by atoms with E-state index in [1.54, 1.807) is 0 Å². The second-order valence-corrected chi connectivity index (χ2v) is 22.4. The van der Waals surface area contributed by atoms with Crippen LogP contribution < -0.4 is 0 Å². The minimum Gasteiger partial charge on any atom is -0.479 e. The Balaban J connectivity index is 2.66. The lowest BCUT2D eigenvalue weighted by Gasteiger charge is -2.40. The van der Waals surface area contributed by atoms with Crippen LogP contribution in [0.1, 0.15) is 316 Å². The van der Waals surface area contributed by atoms with Crippen LogP contribution in [0.2, 0.25) is 0 Å². The number of carbonyl (C=O) groups excluding carboxylic acids is 3. The Morgan fingerprint density at radius 1 is 0.416 bits per heavy atom. The summed E-state index contributed by atoms with van der Waals surface area (Å²) >= 11 is 0. The van der Waals surface area contributed by atoms with Gasteiger partial charge in [-0.2, -0.15) is 0 Å². The summed E-state index contributed by atoms with van der Waals surface area (Å²) in [6.07, 6.45) is 49.9. The van der Waals surface area contributed by atoms with Crippen molar-refractivity contribution >= 4 is 23.9 Å². The smallest absolute Gasteiger partial charge is 0.335 e. The van der Waals surface area contributed by atoms with Gasteiger partial charge in [0.25, 0.3) is 0 Å². The molecule has 1 aliphatic heterocycles. The van der Waals surface area contributed by atoms with Crippen molar-refractivity contribution < 1.29 is 58.2 Å². The molecule has 12 nitrogen and oxygen atoms in total. The van der Waals surface area contributed by atoms with Crippen molar-refractivity contribution in [2.45, 2.75) is 353 Å². The standard InChI is InChI=1S/C65H118O12/c1-4-7-10-13-16-19-22-25-28-29-32-35-38-41-44-47-50-53-59(68)76-63-61(70)60(69)62(64(71)72)77-65(63)74-55-56(75-58(67)52-49-46-43-40-37-34-31-27-24-21-18-15-12-9-6-3)54-73-57(66)51-48-45-42-39-36-33-30-26-23-20-17-14-11-8-5-2/h26-27,30-31,56,60-63,65,69-70H,4-25,28-29,32-55H2,1-3H3,(H,71,72)/b30-26-,31-27-. The maximum atomic E-state index is 13.2. The lowest BCUT2D eigenvalue weighted by atomic mass is 9.98. The van der Waals surface area contributed by atoms with Gasteiger partial charge in [-0.15, -0.1) is 0 Å². The van der Waals surface area contributed by atoms with E-state index in [2.05, 4.69) is 45.1 Å². The number of rotatable bonds is 56. The predicted octanol–water partition coefficient (Wildman–Crippen LogP) is 17.0. The minimum atomic E-state index is -1.90. The molecule has 450 valence electrons. The van der Waals surface area contributed by atoms with Crippen LogP contribution in [0.5, 0.6) is 0 Å². The van der Waals surface area contributed by atoms with Crippen molar-refractivity contribution in [3.8, 4) is 0 Å². The first kappa shape index (κ1) is 72.2. The van der Waals surface area contributed by atoms with E-state index in [1.165, 1.54) is 161 Å². The van der Waals surface area contributed by atoms with Crippen LogP contribution in [0.3, 0.4) is 0 Å². The molecule has 0 spiro atoms. The molecule has 0 aromatic rings. The summed E-state index contributed by atoms with van der Waals surface area (Å²) in [6.45, 7) is 6.02. The monoisotopic (exact) mass is 1090 g/mol. The highest BCUT2D eigenvalue weighted by Gasteiger charge is 2.50. The molecular weight excluding hydrogens is 973 g/mol. The van der Waals surface area contributed by atoms with Crippen molar-refractivity contribution in [3.05, 3.63) is 24.3 Å². The number of aliphatic hydroxyl groups excluding tert-OH is 2. The zero-order valence-electron chi connectivity index (χ0n) is 49.7. The van der Waals surface area contributed by atoms with Crippen LogP contribution in [0, 0.1) is 0 Å². The number of esters is 3. The molecule has 3 N–H and O–H groups in total. The highest BCUT2D eigenvalue weighted by Crippen LogP contribution is 2.27. The molecule has 0 aromatic carbocycles. The van der Waals surface area contributed by atoms with Crippen LogP contribution >= 0.6 is 0 Å². The summed E-state index contributed by atoms with van der Waals surface area (Å²) in [6, 6.07) is 0. The van der Waals surface area contributed by atoms with Crippen LogP contribution in [-0.4, -0.2) is 89.2 Å². The molecule has 1 heterocycles. The van der Waals surface area contributed by atoms with Crippen molar-refractivity contribution in [1.82, 2.24) is 0 Å². The molecule has 6 unspecified atom stereocenters. The van der Waals surface area contributed by atoms with Gasteiger partial charge in [0.2, 0.25) is 0 Å². The average Bonchev–Trinajstić information content (AvgIpc) is 3.42. The van der Waals surface area contributed by atoms with Gasteiger partial charge in [0.05, 0.1) is 6.61 Å². The summed E-state index contributed by atoms with van der Waals surface area (Å²) < 4.78 is 28.5. The van der Waals surface area contributed by atoms with E-state index >= 15 is 0 Å². The van der Waals surface area contributed by atoms with Crippen LogP contribution in [0.15, 0.2) is 24.3 Å². The number of ether oxygens (including phenoxy) is 5. The molecule has 1 saturated heterocycles. The molecule has 0 radical (unpaired) electrons. The number of hydrogen-bond acceptors (Lipinski definition) is 11. The molecule has 0 amide bonds. The van der Waals surface area contributed by atoms with E-state index in [0.717, 1.165) is 96.3 Å². The van der Waals surface area contributed by atoms with Gasteiger partial charge in [-0.25, -0.2) is 4.79 Å². The summed E-state index contributed by atoms with van der Waals surface area (Å²) in [5, 5.41) is 31.6. The van der Waals surface area contributed by atoms with E-state index in [-0.39, 0.29) is 25.9 Å². The van der Waals surface area contributed by atoms with E-state index in [1.807, 2.05) is 0 Å². The Labute approximate surface area is 470 Å². The first-order valence-electron chi connectivity index (χ1n) is 32.3. The summed E-state index contributed by atoms with van der Waals surface area (Å²) in [5.74, 6) is -3.10. The van der Waals surface area contributed by atoms with E-state index in [9.17, 15) is 34.5 Å². The number of hydrogen-bond donors (Lipinski definition) is 3. The maximum absolute atomic E-state index is 13.2. The van der Waals surface area contributed by atoms with E-state index < -0.39 is 67.3 Å². The van der Waals surface area contributed by atoms with Crippen molar-refractivity contribution in [2.24, 2.45) is 0 Å². The largest absolute Gasteiger partial charge is 0.479 e. The molecule has 0 aliphatic carbocycles. The fourth-order valence-corrected chi connectivity index (χ4v) is 10.0. The average molecular weight is 1090 g/mol. The molecule has 0 bridgehead atoms. The highest BCUT2D eigenvalue weighted by molar-refractivity contribution is 5.74. The van der Waals surface area contributed by atoms with Gasteiger partial charge >= 0.3 is 23.9 Å². The lowest BCUT2D eigenvalue weighted by Crippen LogP contribution is -2.61. The third kappa shape index (κ3) is 43.7. The Morgan fingerprint density at radius 2 is 0.740 bits per heavy atom. The van der Waals surface area contributed by atoms with Gasteiger partial charge in [-0.1, -0.05) is 251 Å². The number of aliphatic hydroxyl groups is 2. The van der Waals surface area contributed by atoms with Crippen LogP contribution in [-0.2, 0) is 42.9 Å². The zero-order valence-corrected chi connectivity index (χ0v) is 49.7. The van der Waals surface area contributed by atoms with Crippen LogP contribution in [0.25, 0.3) is 0 Å². The second kappa shape index (κ2) is 53.8. The third-order valence-corrected chi connectivity index (χ3v) is 15.0. The molecule has 77 heavy (non-hydrogen) atoms. The van der Waals surface area contributed by atoms with Gasteiger partial charge in [0.1, 0.15) is 18.8 Å². The highest BCUT2D eigenvalue weighted by atomic mass is 16.7. The fraction of sp³-hybridized carbons (Fsp3) is 0.877. The Morgan fingerprint density at radius 3 is 1.10 bits per heavy atom. The molecule has 0 aromatic heterocycles. The van der Waals surface area contributed by atoms with Crippen molar-refractivity contribution in [2.75, 3.05) is 13.2 Å². The Hall–Kier alpha value is -2.80. The summed E-state index contributed by atoms with van der Waals surface area (Å²) in [7, 11) is 0. The lowest BCUT2D eigenvalue weighted by molar-refractivity contribution is -0.301. The van der Waals surface area contributed by atoms with Gasteiger partial charge < -0.3 is 39.0 Å². The summed E-state index contributed by atoms with van der Waals surface area (Å²) in [4.78, 5) is 51.3. The van der Waals surface area contributed by atoms with E-state index in [0.29, 0.717) is 19.3 Å². The molecule has 1 aliphatic rings. The zero-order chi connectivity index (χ0) is 56.1. The number of carboxylic acids is 1. The Bertz CT molecular complexity index is 1430. The molecule has 0 saturated carbocycles. The van der Waals surface area contributed by atoms with Gasteiger partial charge in [0.15, 0.2) is 24.6 Å². The van der Waals surface area contributed by atoms with Gasteiger partial charge in [-0.3, -0.25) is 14.4 Å². The SMILES string of the molecule is CCCCCCCC/C=C\CCCCCCCC(=O)OCC(COC1OC(C(=O)O)C(O)C(O)C1OC(=O)CCCCCCCCCCCCCCCCCCC)OC(=O)CCCCCCC/C=C\CCCCCCCC. The summed E-state index contributed by atoms with van der Waals surface area (Å²) in [5.41, 5.74) is 0. The van der Waals surface area contributed by atoms with Crippen molar-refractivity contribution in [3.63, 3.8) is 0 Å². The maximum Gasteiger partial charge on any atom is 0.335 e. The minimum absolute atomic E-state index is 0.0657. The number of carboxylic acid groups (broad SMARTS) is 1. The predicted molar refractivity (Wildman–Crippen MR) is 313 cm³/mol. The Kier molecular flexibility index (Phi) is 50.5. The van der Waals surface area contributed by atoms with E-state index in [4.69, 9.17) is 23.7 Å². The van der Waals surface area contributed by atoms with Gasteiger partial charge in [0, 0.05) is 19.3 Å². The number of unbranched alkanes of at least 4 members (excludes halogenated alkanes) is 38. The van der Waals surface area contributed by atoms with Gasteiger partial charge in [-0.05, 0) is 70.6 Å². The second-order valence-electron chi connectivity index (χ2n) is 22.4. The number of allylic oxidation sites excluding steroid dienone is 4. The molecule has 6 atom stereocenters. The fourth-order valence-electron chi connectivity index (χ4n) is 10.0. The topological polar surface area (TPSA) is 175 Å². The quantitative estimate of drug-likeness (QED) is 0.0228. The first-order valence-corrected chi connectivity index (χ1v) is 32.3. The molecule has 12 heteroatoms.